The highest BCUT2D eigenvalue weighted by molar-refractivity contribution is 6.99. The first-order chi connectivity index (χ1) is 12.3. The van der Waals surface area contributed by atoms with Gasteiger partial charge in [0, 0.05) is 12.1 Å². The Labute approximate surface area is 159 Å². The molecule has 1 aliphatic carbocycles. The fourth-order valence-corrected chi connectivity index (χ4v) is 9.26. The molecule has 2 aromatic rings. The molecule has 26 heavy (non-hydrogen) atoms. The summed E-state index contributed by atoms with van der Waals surface area (Å²) in [7, 11) is -2.41. The Morgan fingerprint density at radius 2 is 1.42 bits per heavy atom. The van der Waals surface area contributed by atoms with E-state index in [4.69, 9.17) is 10.2 Å². The minimum Gasteiger partial charge on any atom is -0.407 e. The standard InChI is InChI=1S/C23H33NOSi/c1-19-17-23(24,18-19)15-16-25-26(22(2,3)4,20-11-7-5-8-12-20)21-13-9-6-10-14-21/h5-14,19H,15-18,24H2,1-4H3/t19-,23+. The molecule has 2 nitrogen and oxygen atoms in total. The average Bonchev–Trinajstić information content (AvgIpc) is 2.58. The molecule has 0 spiro atoms. The van der Waals surface area contributed by atoms with E-state index in [2.05, 4.69) is 88.4 Å². The van der Waals surface area contributed by atoms with Crippen LogP contribution in [-0.2, 0) is 4.43 Å². The van der Waals surface area contributed by atoms with Crippen LogP contribution in [0.4, 0.5) is 0 Å². The second kappa shape index (κ2) is 7.30. The Balaban J connectivity index is 1.95. The number of nitrogens with two attached hydrogens (primary N) is 1. The molecule has 0 radical (unpaired) electrons. The molecule has 0 heterocycles. The third kappa shape index (κ3) is 3.66. The van der Waals surface area contributed by atoms with E-state index in [0.717, 1.165) is 31.8 Å². The Morgan fingerprint density at radius 1 is 0.962 bits per heavy atom. The molecule has 0 atom stereocenters. The Kier molecular flexibility index (Phi) is 5.43. The quantitative estimate of drug-likeness (QED) is 0.781. The molecule has 0 unspecified atom stereocenters. The minimum atomic E-state index is -2.41. The van der Waals surface area contributed by atoms with Gasteiger partial charge < -0.3 is 10.2 Å². The first-order valence-corrected chi connectivity index (χ1v) is 11.7. The Morgan fingerprint density at radius 3 is 1.81 bits per heavy atom. The maximum atomic E-state index is 6.93. The molecule has 0 amide bonds. The van der Waals surface area contributed by atoms with Crippen LogP contribution in [0, 0.1) is 5.92 Å². The molecule has 2 aromatic carbocycles. The van der Waals surface area contributed by atoms with E-state index in [1.54, 1.807) is 0 Å². The van der Waals surface area contributed by atoms with Crippen molar-refractivity contribution < 1.29 is 4.43 Å². The van der Waals surface area contributed by atoms with Crippen molar-refractivity contribution in [3.05, 3.63) is 60.7 Å². The summed E-state index contributed by atoms with van der Waals surface area (Å²) in [5, 5.41) is 2.71. The smallest absolute Gasteiger partial charge is 0.261 e. The first kappa shape index (κ1) is 19.3. The normalized spacial score (nSPS) is 23.5. The topological polar surface area (TPSA) is 35.2 Å². The third-order valence-corrected chi connectivity index (χ3v) is 10.9. The van der Waals surface area contributed by atoms with Crippen LogP contribution < -0.4 is 16.1 Å². The van der Waals surface area contributed by atoms with Crippen molar-refractivity contribution in [2.24, 2.45) is 11.7 Å². The molecule has 1 aliphatic rings. The van der Waals surface area contributed by atoms with Crippen LogP contribution in [-0.4, -0.2) is 20.5 Å². The molecule has 0 aliphatic heterocycles. The summed E-state index contributed by atoms with van der Waals surface area (Å²) < 4.78 is 6.93. The Bertz CT molecular complexity index is 662. The molecule has 140 valence electrons. The predicted molar refractivity (Wildman–Crippen MR) is 114 cm³/mol. The van der Waals surface area contributed by atoms with E-state index < -0.39 is 8.32 Å². The Hall–Kier alpha value is -1.42. The van der Waals surface area contributed by atoms with Gasteiger partial charge in [0.05, 0.1) is 0 Å². The summed E-state index contributed by atoms with van der Waals surface area (Å²) in [6.07, 6.45) is 3.19. The lowest BCUT2D eigenvalue weighted by atomic mass is 9.68. The highest BCUT2D eigenvalue weighted by atomic mass is 28.4. The van der Waals surface area contributed by atoms with E-state index in [1.807, 2.05) is 0 Å². The van der Waals surface area contributed by atoms with E-state index in [0.29, 0.717) is 0 Å². The van der Waals surface area contributed by atoms with Gasteiger partial charge in [0.2, 0.25) is 0 Å². The van der Waals surface area contributed by atoms with Gasteiger partial charge in [-0.15, -0.1) is 0 Å². The van der Waals surface area contributed by atoms with Crippen LogP contribution >= 0.6 is 0 Å². The van der Waals surface area contributed by atoms with E-state index in [1.165, 1.54) is 10.4 Å². The fraction of sp³-hybridized carbons (Fsp3) is 0.478. The van der Waals surface area contributed by atoms with Crippen LogP contribution in [0.5, 0.6) is 0 Å². The number of rotatable bonds is 6. The molecule has 3 heteroatoms. The summed E-state index contributed by atoms with van der Waals surface area (Å²) in [5.41, 5.74) is 6.52. The highest BCUT2D eigenvalue weighted by Crippen LogP contribution is 2.40. The van der Waals surface area contributed by atoms with E-state index in [-0.39, 0.29) is 10.6 Å². The summed E-state index contributed by atoms with van der Waals surface area (Å²) in [6.45, 7) is 9.99. The van der Waals surface area contributed by atoms with Crippen LogP contribution in [0.2, 0.25) is 5.04 Å². The van der Waals surface area contributed by atoms with Gasteiger partial charge in [0.25, 0.3) is 8.32 Å². The van der Waals surface area contributed by atoms with Gasteiger partial charge in [-0.1, -0.05) is 88.4 Å². The van der Waals surface area contributed by atoms with E-state index >= 15 is 0 Å². The maximum absolute atomic E-state index is 6.93. The lowest BCUT2D eigenvalue weighted by Crippen LogP contribution is -2.67. The number of benzene rings is 2. The molecule has 1 fully saturated rings. The predicted octanol–water partition coefficient (Wildman–Crippen LogP) is 4.08. The van der Waals surface area contributed by atoms with E-state index in [9.17, 15) is 0 Å². The zero-order valence-electron chi connectivity index (χ0n) is 16.7. The van der Waals surface area contributed by atoms with Crippen molar-refractivity contribution in [3.8, 4) is 0 Å². The second-order valence-corrected chi connectivity index (χ2v) is 13.4. The zero-order valence-corrected chi connectivity index (χ0v) is 17.7. The molecular weight excluding hydrogens is 334 g/mol. The van der Waals surface area contributed by atoms with Gasteiger partial charge in [-0.05, 0) is 40.6 Å². The van der Waals surface area contributed by atoms with Gasteiger partial charge in [0.1, 0.15) is 0 Å². The molecule has 2 N–H and O–H groups in total. The summed E-state index contributed by atoms with van der Waals surface area (Å²) in [5.74, 6) is 0.757. The van der Waals surface area contributed by atoms with Gasteiger partial charge >= 0.3 is 0 Å². The van der Waals surface area contributed by atoms with Crippen molar-refractivity contribution >= 4 is 18.7 Å². The lowest BCUT2D eigenvalue weighted by Gasteiger charge is -2.46. The van der Waals surface area contributed by atoms with Crippen LogP contribution in [0.3, 0.4) is 0 Å². The van der Waals surface area contributed by atoms with Crippen molar-refractivity contribution in [2.45, 2.75) is 57.5 Å². The lowest BCUT2D eigenvalue weighted by molar-refractivity contribution is 0.124. The second-order valence-electron chi connectivity index (χ2n) is 9.14. The molecule has 1 saturated carbocycles. The number of hydrogen-bond donors (Lipinski definition) is 1. The molecule has 0 aromatic heterocycles. The van der Waals surface area contributed by atoms with Crippen LogP contribution in [0.1, 0.15) is 47.0 Å². The third-order valence-electron chi connectivity index (χ3n) is 5.85. The van der Waals surface area contributed by atoms with Crippen molar-refractivity contribution in [1.82, 2.24) is 0 Å². The van der Waals surface area contributed by atoms with Gasteiger partial charge in [0.15, 0.2) is 0 Å². The molecule has 3 rings (SSSR count). The summed E-state index contributed by atoms with van der Waals surface area (Å²) >= 11 is 0. The summed E-state index contributed by atoms with van der Waals surface area (Å²) in [4.78, 5) is 0. The average molecular weight is 368 g/mol. The summed E-state index contributed by atoms with van der Waals surface area (Å²) in [6, 6.07) is 21.7. The molecule has 0 saturated heterocycles. The minimum absolute atomic E-state index is 0.0230. The van der Waals surface area contributed by atoms with Crippen LogP contribution in [0.15, 0.2) is 60.7 Å². The highest BCUT2D eigenvalue weighted by Gasteiger charge is 2.50. The number of hydrogen-bond acceptors (Lipinski definition) is 2. The van der Waals surface area contributed by atoms with Gasteiger partial charge in [-0.25, -0.2) is 0 Å². The first-order valence-electron chi connectivity index (χ1n) is 9.81. The van der Waals surface area contributed by atoms with Crippen molar-refractivity contribution in [2.75, 3.05) is 6.61 Å². The van der Waals surface area contributed by atoms with Crippen LogP contribution in [0.25, 0.3) is 0 Å². The molecular formula is C23H33NOSi. The van der Waals surface area contributed by atoms with Crippen molar-refractivity contribution in [3.63, 3.8) is 0 Å². The SMILES string of the molecule is CC(C)(C)[Si](OCC[C@]1(N)C[C@@H](C)C1)(c1ccccc1)c1ccccc1. The van der Waals surface area contributed by atoms with Gasteiger partial charge in [-0.3, -0.25) is 0 Å². The molecule has 0 bridgehead atoms. The maximum Gasteiger partial charge on any atom is 0.261 e. The zero-order chi connectivity index (χ0) is 18.8. The van der Waals surface area contributed by atoms with Gasteiger partial charge in [-0.2, -0.15) is 0 Å². The monoisotopic (exact) mass is 367 g/mol. The fourth-order valence-electron chi connectivity index (χ4n) is 4.70. The largest absolute Gasteiger partial charge is 0.407 e. The van der Waals surface area contributed by atoms with Crippen molar-refractivity contribution in [1.29, 1.82) is 0 Å².